The van der Waals surface area contributed by atoms with E-state index in [9.17, 15) is 13.2 Å². The number of hydrogen-bond acceptors (Lipinski definition) is 1. The monoisotopic (exact) mass is 243 g/mol. The number of hydrogen-bond donors (Lipinski definition) is 1. The van der Waals surface area contributed by atoms with Crippen molar-refractivity contribution in [1.29, 1.82) is 0 Å². The molecule has 0 bridgehead atoms. The summed E-state index contributed by atoms with van der Waals surface area (Å²) in [6.07, 6.45) is -4.26. The van der Waals surface area contributed by atoms with E-state index < -0.39 is 11.7 Å². The SMILES string of the molecule is CC(C)C1CNCc2c1cccc2C(F)(F)F. The van der Waals surface area contributed by atoms with Crippen LogP contribution >= 0.6 is 0 Å². The highest BCUT2D eigenvalue weighted by Crippen LogP contribution is 2.38. The van der Waals surface area contributed by atoms with Crippen molar-refractivity contribution in [2.24, 2.45) is 5.92 Å². The highest BCUT2D eigenvalue weighted by molar-refractivity contribution is 5.41. The third-order valence-electron chi connectivity index (χ3n) is 3.39. The highest BCUT2D eigenvalue weighted by Gasteiger charge is 2.36. The molecule has 4 heteroatoms. The molecule has 1 heterocycles. The summed E-state index contributed by atoms with van der Waals surface area (Å²) in [6.45, 7) is 5.16. The zero-order valence-corrected chi connectivity index (χ0v) is 9.93. The van der Waals surface area contributed by atoms with Crippen LogP contribution in [0.25, 0.3) is 0 Å². The smallest absolute Gasteiger partial charge is 0.312 e. The highest BCUT2D eigenvalue weighted by atomic mass is 19.4. The molecule has 0 aromatic heterocycles. The van der Waals surface area contributed by atoms with Gasteiger partial charge in [0, 0.05) is 13.1 Å². The van der Waals surface area contributed by atoms with Gasteiger partial charge >= 0.3 is 6.18 Å². The van der Waals surface area contributed by atoms with Gasteiger partial charge in [0.25, 0.3) is 0 Å². The molecule has 1 aromatic carbocycles. The minimum absolute atomic E-state index is 0.168. The lowest BCUT2D eigenvalue weighted by Crippen LogP contribution is -2.32. The van der Waals surface area contributed by atoms with Crippen molar-refractivity contribution < 1.29 is 13.2 Å². The molecule has 1 aliphatic heterocycles. The van der Waals surface area contributed by atoms with Crippen molar-refractivity contribution in [2.45, 2.75) is 32.5 Å². The Hall–Kier alpha value is -1.03. The van der Waals surface area contributed by atoms with Gasteiger partial charge in [-0.1, -0.05) is 26.0 Å². The van der Waals surface area contributed by atoms with Crippen LogP contribution in [-0.4, -0.2) is 6.54 Å². The van der Waals surface area contributed by atoms with Crippen LogP contribution in [0, 0.1) is 5.92 Å². The average molecular weight is 243 g/mol. The molecule has 1 aliphatic rings. The minimum Gasteiger partial charge on any atom is -0.312 e. The van der Waals surface area contributed by atoms with Crippen molar-refractivity contribution in [3.8, 4) is 0 Å². The van der Waals surface area contributed by atoms with E-state index in [4.69, 9.17) is 0 Å². The normalized spacial score (nSPS) is 20.5. The van der Waals surface area contributed by atoms with Crippen LogP contribution in [0.3, 0.4) is 0 Å². The predicted octanol–water partition coefficient (Wildman–Crippen LogP) is 3.55. The fourth-order valence-corrected chi connectivity index (χ4v) is 2.47. The second-order valence-corrected chi connectivity index (χ2v) is 4.85. The molecule has 0 saturated carbocycles. The van der Waals surface area contributed by atoms with E-state index in [0.717, 1.165) is 12.1 Å². The molecule has 94 valence electrons. The van der Waals surface area contributed by atoms with Crippen molar-refractivity contribution in [1.82, 2.24) is 5.32 Å². The van der Waals surface area contributed by atoms with E-state index in [1.54, 1.807) is 0 Å². The zero-order valence-electron chi connectivity index (χ0n) is 9.93. The molecule has 1 nitrogen and oxygen atoms in total. The Morgan fingerprint density at radius 3 is 2.59 bits per heavy atom. The molecule has 17 heavy (non-hydrogen) atoms. The summed E-state index contributed by atoms with van der Waals surface area (Å²) in [6, 6.07) is 4.52. The Kier molecular flexibility index (Phi) is 3.17. The first kappa shape index (κ1) is 12.4. The van der Waals surface area contributed by atoms with Crippen LogP contribution < -0.4 is 5.32 Å². The largest absolute Gasteiger partial charge is 0.416 e. The molecule has 1 aromatic rings. The van der Waals surface area contributed by atoms with Gasteiger partial charge in [-0.05, 0) is 29.0 Å². The zero-order chi connectivity index (χ0) is 12.6. The van der Waals surface area contributed by atoms with Crippen molar-refractivity contribution >= 4 is 0 Å². The van der Waals surface area contributed by atoms with Crippen molar-refractivity contribution in [2.75, 3.05) is 6.54 Å². The molecule has 2 rings (SSSR count). The summed E-state index contributed by atoms with van der Waals surface area (Å²) >= 11 is 0. The van der Waals surface area contributed by atoms with Gasteiger partial charge in [0.15, 0.2) is 0 Å². The molecule has 1 N–H and O–H groups in total. The molecule has 0 radical (unpaired) electrons. The summed E-state index contributed by atoms with van der Waals surface area (Å²) in [5.41, 5.74) is 0.784. The first-order valence-corrected chi connectivity index (χ1v) is 5.81. The van der Waals surface area contributed by atoms with E-state index in [0.29, 0.717) is 18.0 Å². The molecular weight excluding hydrogens is 227 g/mol. The molecule has 0 saturated heterocycles. The standard InChI is InChI=1S/C13H16F3N/c1-8(2)10-6-17-7-11-9(10)4-3-5-12(11)13(14,15)16/h3-5,8,10,17H,6-7H2,1-2H3. The Morgan fingerprint density at radius 1 is 1.29 bits per heavy atom. The Labute approximate surface area is 99.0 Å². The summed E-state index contributed by atoms with van der Waals surface area (Å²) in [7, 11) is 0. The van der Waals surface area contributed by atoms with Crippen LogP contribution in [0.2, 0.25) is 0 Å². The number of benzene rings is 1. The summed E-state index contributed by atoms with van der Waals surface area (Å²) < 4.78 is 38.6. The number of halogens is 3. The van der Waals surface area contributed by atoms with Gasteiger partial charge in [0.1, 0.15) is 0 Å². The summed E-state index contributed by atoms with van der Waals surface area (Å²) in [5.74, 6) is 0.506. The lowest BCUT2D eigenvalue weighted by atomic mass is 9.81. The number of rotatable bonds is 1. The Balaban J connectivity index is 2.51. The fourth-order valence-electron chi connectivity index (χ4n) is 2.47. The van der Waals surface area contributed by atoms with E-state index in [1.165, 1.54) is 12.1 Å². The number of alkyl halides is 3. The second kappa shape index (κ2) is 4.33. The van der Waals surface area contributed by atoms with Gasteiger partial charge < -0.3 is 5.32 Å². The number of fused-ring (bicyclic) bond motifs is 1. The van der Waals surface area contributed by atoms with Crippen LogP contribution in [0.5, 0.6) is 0 Å². The average Bonchev–Trinajstić information content (AvgIpc) is 2.26. The quantitative estimate of drug-likeness (QED) is 0.795. The molecular formula is C13H16F3N. The maximum atomic E-state index is 12.9. The lowest BCUT2D eigenvalue weighted by Gasteiger charge is -2.31. The van der Waals surface area contributed by atoms with Crippen LogP contribution in [0.1, 0.15) is 36.5 Å². The molecule has 1 atom stereocenters. The third kappa shape index (κ3) is 2.32. The maximum absolute atomic E-state index is 12.9. The van der Waals surface area contributed by atoms with E-state index in [2.05, 4.69) is 5.32 Å². The van der Waals surface area contributed by atoms with Crippen molar-refractivity contribution in [3.63, 3.8) is 0 Å². The van der Waals surface area contributed by atoms with E-state index in [-0.39, 0.29) is 5.92 Å². The topological polar surface area (TPSA) is 12.0 Å². The Morgan fingerprint density at radius 2 is 2.00 bits per heavy atom. The minimum atomic E-state index is -4.26. The molecule has 0 aliphatic carbocycles. The maximum Gasteiger partial charge on any atom is 0.416 e. The van der Waals surface area contributed by atoms with E-state index >= 15 is 0 Å². The predicted molar refractivity (Wildman–Crippen MR) is 60.7 cm³/mol. The van der Waals surface area contributed by atoms with E-state index in [1.807, 2.05) is 19.9 Å². The number of nitrogens with one attached hydrogen (secondary N) is 1. The molecule has 0 spiro atoms. The first-order chi connectivity index (χ1) is 7.91. The Bertz CT molecular complexity index is 410. The summed E-state index contributed by atoms with van der Waals surface area (Å²) in [4.78, 5) is 0. The van der Waals surface area contributed by atoms with Gasteiger partial charge in [-0.3, -0.25) is 0 Å². The van der Waals surface area contributed by atoms with Crippen LogP contribution in [0.4, 0.5) is 13.2 Å². The van der Waals surface area contributed by atoms with Gasteiger partial charge in [0.05, 0.1) is 5.56 Å². The van der Waals surface area contributed by atoms with Crippen molar-refractivity contribution in [3.05, 3.63) is 34.9 Å². The second-order valence-electron chi connectivity index (χ2n) is 4.85. The van der Waals surface area contributed by atoms with Gasteiger partial charge in [-0.25, -0.2) is 0 Å². The lowest BCUT2D eigenvalue weighted by molar-refractivity contribution is -0.138. The molecule has 0 fully saturated rings. The third-order valence-corrected chi connectivity index (χ3v) is 3.39. The molecule has 1 unspecified atom stereocenters. The van der Waals surface area contributed by atoms with Gasteiger partial charge in [0.2, 0.25) is 0 Å². The first-order valence-electron chi connectivity index (χ1n) is 5.81. The fraction of sp³-hybridized carbons (Fsp3) is 0.538. The van der Waals surface area contributed by atoms with Crippen LogP contribution in [0.15, 0.2) is 18.2 Å². The molecule has 0 amide bonds. The van der Waals surface area contributed by atoms with Crippen LogP contribution in [-0.2, 0) is 12.7 Å². The van der Waals surface area contributed by atoms with Gasteiger partial charge in [-0.15, -0.1) is 0 Å². The van der Waals surface area contributed by atoms with Gasteiger partial charge in [-0.2, -0.15) is 13.2 Å². The summed E-state index contributed by atoms with van der Waals surface area (Å²) in [5, 5.41) is 3.08.